The van der Waals surface area contributed by atoms with Crippen LogP contribution in [0, 0.1) is 22.7 Å². The van der Waals surface area contributed by atoms with Crippen molar-refractivity contribution in [1.29, 1.82) is 10.8 Å². The molecule has 0 fully saturated rings. The molecular weight excluding hydrogens is 708 g/mol. The van der Waals surface area contributed by atoms with Gasteiger partial charge in [-0.2, -0.15) is 0 Å². The molecule has 0 aromatic heterocycles. The Balaban J connectivity index is 5.99. The minimum absolute atomic E-state index is 0.0331. The predicted molar refractivity (Wildman–Crippen MR) is 199 cm³/mol. The first-order valence-corrected chi connectivity index (χ1v) is 18.0. The van der Waals surface area contributed by atoms with Crippen molar-refractivity contribution in [3.05, 3.63) is 0 Å². The van der Waals surface area contributed by atoms with E-state index in [4.69, 9.17) is 22.3 Å². The second-order valence-electron chi connectivity index (χ2n) is 13.3. The van der Waals surface area contributed by atoms with Gasteiger partial charge in [-0.1, -0.05) is 40.5 Å². The monoisotopic (exact) mass is 770 g/mol. The van der Waals surface area contributed by atoms with Gasteiger partial charge in [-0.25, -0.2) is 4.79 Å². The Hall–Kier alpha value is -5.21. The van der Waals surface area contributed by atoms with Gasteiger partial charge in [0.15, 0.2) is 11.9 Å². The number of hydrogen-bond donors (Lipinski definition) is 14. The summed E-state index contributed by atoms with van der Waals surface area (Å²) in [5, 5.41) is 54.8. The summed E-state index contributed by atoms with van der Waals surface area (Å²) in [5.74, 6) is -7.30. The van der Waals surface area contributed by atoms with Crippen molar-refractivity contribution >= 4 is 53.3 Å². The highest BCUT2D eigenvalue weighted by atomic mass is 16.4. The number of nitrogens with two attached hydrogens (primary N) is 2. The van der Waals surface area contributed by atoms with E-state index in [1.165, 1.54) is 20.8 Å². The van der Waals surface area contributed by atoms with E-state index in [9.17, 15) is 43.8 Å². The molecule has 0 aliphatic rings. The molecular formula is C33H62N12O9. The second kappa shape index (κ2) is 24.9. The Labute approximate surface area is 316 Å². The number of aliphatic carboxylic acids is 1. The topological polar surface area (TPSA) is 356 Å². The van der Waals surface area contributed by atoms with Crippen molar-refractivity contribution in [3.8, 4) is 0 Å². The second-order valence-corrected chi connectivity index (χ2v) is 13.3. The molecule has 16 N–H and O–H groups in total. The highest BCUT2D eigenvalue weighted by molar-refractivity contribution is 5.96. The van der Waals surface area contributed by atoms with Crippen molar-refractivity contribution < 1.29 is 43.8 Å². The van der Waals surface area contributed by atoms with Gasteiger partial charge in [-0.15, -0.1) is 0 Å². The third-order valence-electron chi connectivity index (χ3n) is 8.68. The fraction of sp³-hybridized carbons (Fsp3) is 0.727. The number of carboxylic acid groups (broad SMARTS) is 1. The molecule has 0 heterocycles. The Morgan fingerprint density at radius 3 is 1.43 bits per heavy atom. The Morgan fingerprint density at radius 1 is 0.593 bits per heavy atom. The maximum atomic E-state index is 13.5. The van der Waals surface area contributed by atoms with Gasteiger partial charge >= 0.3 is 5.97 Å². The molecule has 308 valence electrons. The van der Waals surface area contributed by atoms with Crippen molar-refractivity contribution in [2.24, 2.45) is 23.3 Å². The van der Waals surface area contributed by atoms with Crippen molar-refractivity contribution in [3.63, 3.8) is 0 Å². The maximum absolute atomic E-state index is 13.5. The van der Waals surface area contributed by atoms with Gasteiger partial charge in [0.1, 0.15) is 36.3 Å². The minimum Gasteiger partial charge on any atom is -0.480 e. The molecule has 0 aromatic carbocycles. The first-order valence-electron chi connectivity index (χ1n) is 18.0. The molecule has 54 heavy (non-hydrogen) atoms. The standard InChI is InChI=1S/C33H62N12O9/c1-8-16(3)23(29(51)45-25(19(6)46)30(52)44-24(31(53)54)17(4)9-2)43-26(48)18(5)40-27(49)22(13-11-15-39-33(36)37)42-28(50)21(41-20(7)47)12-10-14-38-32(34)35/h16-19,21-25,46H,8-15H2,1-7H3,(H,40,49)(H,41,47)(H,42,50)(H,43,48)(H,44,52)(H,45,51)(H,53,54)(H4,34,35,38)(H4,36,37,39)/t16-,17-,18-,19+,21-,22-,23-,24-,25-/m0/s1. The van der Waals surface area contributed by atoms with Crippen LogP contribution in [-0.2, 0) is 33.6 Å². The van der Waals surface area contributed by atoms with Crippen LogP contribution in [0.2, 0.25) is 0 Å². The zero-order valence-corrected chi connectivity index (χ0v) is 32.3. The Kier molecular flexibility index (Phi) is 22.5. The van der Waals surface area contributed by atoms with E-state index < -0.39 is 95.6 Å². The maximum Gasteiger partial charge on any atom is 0.326 e. The van der Waals surface area contributed by atoms with Gasteiger partial charge in [-0.05, 0) is 51.4 Å². The van der Waals surface area contributed by atoms with Crippen LogP contribution < -0.4 is 54.0 Å². The van der Waals surface area contributed by atoms with E-state index in [0.29, 0.717) is 19.3 Å². The van der Waals surface area contributed by atoms with E-state index in [0.717, 1.165) is 0 Å². The molecule has 0 aliphatic carbocycles. The van der Waals surface area contributed by atoms with Crippen LogP contribution in [0.1, 0.15) is 87.0 Å². The number of nitrogens with one attached hydrogen (secondary N) is 10. The molecule has 0 bridgehead atoms. The first kappa shape index (κ1) is 48.8. The predicted octanol–water partition coefficient (Wildman–Crippen LogP) is -2.98. The number of hydrogen-bond acceptors (Lipinski definition) is 10. The van der Waals surface area contributed by atoms with Crippen molar-refractivity contribution in [2.75, 3.05) is 13.1 Å². The lowest BCUT2D eigenvalue weighted by Crippen LogP contribution is -2.62. The fourth-order valence-corrected chi connectivity index (χ4v) is 5.05. The molecule has 0 saturated carbocycles. The zero-order chi connectivity index (χ0) is 41.7. The molecule has 6 amide bonds. The first-order chi connectivity index (χ1) is 25.2. The smallest absolute Gasteiger partial charge is 0.326 e. The largest absolute Gasteiger partial charge is 0.480 e. The number of amides is 6. The van der Waals surface area contributed by atoms with Gasteiger partial charge < -0.3 is 64.2 Å². The SMILES string of the molecule is CC[C@H](C)[C@H](NC(=O)[C@@H](NC(=O)[C@@H](NC(=O)[C@H](C)NC(=O)[C@H](CCCNC(=N)N)NC(=O)[C@H](CCCNC(=N)N)NC(C)=O)[C@@H](C)CC)[C@@H](C)O)C(=O)O. The normalized spacial score (nSPS) is 15.9. The molecule has 0 radical (unpaired) electrons. The molecule has 0 aromatic rings. The summed E-state index contributed by atoms with van der Waals surface area (Å²) in [6.07, 6.45) is 0.149. The van der Waals surface area contributed by atoms with Crippen LogP contribution in [0.5, 0.6) is 0 Å². The molecule has 0 spiro atoms. The summed E-state index contributed by atoms with van der Waals surface area (Å²) in [5.41, 5.74) is 10.6. The summed E-state index contributed by atoms with van der Waals surface area (Å²) in [4.78, 5) is 90.3. The molecule has 0 saturated heterocycles. The summed E-state index contributed by atoms with van der Waals surface area (Å²) in [6, 6.07) is -7.59. The van der Waals surface area contributed by atoms with Crippen LogP contribution in [0.25, 0.3) is 0 Å². The third-order valence-corrected chi connectivity index (χ3v) is 8.68. The number of rotatable bonds is 25. The van der Waals surface area contributed by atoms with Crippen LogP contribution in [0.3, 0.4) is 0 Å². The van der Waals surface area contributed by atoms with E-state index in [-0.39, 0.29) is 44.3 Å². The lowest BCUT2D eigenvalue weighted by Gasteiger charge is -2.30. The summed E-state index contributed by atoms with van der Waals surface area (Å²) in [7, 11) is 0. The molecule has 0 rings (SSSR count). The molecule has 21 nitrogen and oxygen atoms in total. The quantitative estimate of drug-likeness (QED) is 0.0251. The third kappa shape index (κ3) is 18.5. The van der Waals surface area contributed by atoms with Crippen LogP contribution in [-0.4, -0.2) is 119 Å². The molecule has 0 unspecified atom stereocenters. The number of aliphatic hydroxyl groups is 1. The number of carbonyl (C=O) groups is 7. The zero-order valence-electron chi connectivity index (χ0n) is 32.3. The van der Waals surface area contributed by atoms with E-state index in [1.807, 2.05) is 0 Å². The minimum atomic E-state index is -1.56. The summed E-state index contributed by atoms with van der Waals surface area (Å²) in [6.45, 7) is 11.0. The Bertz CT molecular complexity index is 1320. The van der Waals surface area contributed by atoms with E-state index in [2.05, 4.69) is 42.5 Å². The van der Waals surface area contributed by atoms with Gasteiger partial charge in [0.2, 0.25) is 35.4 Å². The van der Waals surface area contributed by atoms with Gasteiger partial charge in [0.25, 0.3) is 0 Å². The van der Waals surface area contributed by atoms with Gasteiger partial charge in [0, 0.05) is 20.0 Å². The lowest BCUT2D eigenvalue weighted by atomic mass is 9.96. The average Bonchev–Trinajstić information content (AvgIpc) is 3.08. The number of carbonyl (C=O) groups excluding carboxylic acids is 6. The van der Waals surface area contributed by atoms with Crippen molar-refractivity contribution in [1.82, 2.24) is 42.5 Å². The lowest BCUT2D eigenvalue weighted by molar-refractivity contribution is -0.144. The average molecular weight is 771 g/mol. The Morgan fingerprint density at radius 2 is 1.00 bits per heavy atom. The van der Waals surface area contributed by atoms with E-state index in [1.54, 1.807) is 27.7 Å². The highest BCUT2D eigenvalue weighted by Crippen LogP contribution is 2.12. The summed E-state index contributed by atoms with van der Waals surface area (Å²) >= 11 is 0. The van der Waals surface area contributed by atoms with Crippen LogP contribution in [0.15, 0.2) is 0 Å². The molecule has 9 atom stereocenters. The number of guanidine groups is 2. The van der Waals surface area contributed by atoms with Gasteiger partial charge in [0.05, 0.1) is 6.10 Å². The van der Waals surface area contributed by atoms with E-state index >= 15 is 0 Å². The molecule has 21 heteroatoms. The number of aliphatic hydroxyl groups excluding tert-OH is 1. The summed E-state index contributed by atoms with van der Waals surface area (Å²) < 4.78 is 0. The molecule has 0 aliphatic heterocycles. The number of carboxylic acids is 1. The fourth-order valence-electron chi connectivity index (χ4n) is 5.05. The van der Waals surface area contributed by atoms with Crippen molar-refractivity contribution in [2.45, 2.75) is 129 Å². The van der Waals surface area contributed by atoms with Gasteiger partial charge in [-0.3, -0.25) is 39.6 Å². The van der Waals surface area contributed by atoms with Crippen LogP contribution in [0.4, 0.5) is 0 Å². The highest BCUT2D eigenvalue weighted by Gasteiger charge is 2.36. The van der Waals surface area contributed by atoms with Crippen LogP contribution >= 0.6 is 0 Å².